The molecule has 25 heavy (non-hydrogen) atoms. The molecule has 0 spiro atoms. The van der Waals surface area contributed by atoms with Crippen molar-refractivity contribution in [2.45, 2.75) is 57.6 Å². The third kappa shape index (κ3) is 7.51. The molecule has 5 heteroatoms. The Kier molecular flexibility index (Phi) is 8.32. The van der Waals surface area contributed by atoms with Crippen LogP contribution in [0.5, 0.6) is 0 Å². The maximum Gasteiger partial charge on any atom is 0.234 e. The van der Waals surface area contributed by atoms with Gasteiger partial charge in [-0.3, -0.25) is 9.59 Å². The van der Waals surface area contributed by atoms with Crippen LogP contribution in [0.15, 0.2) is 24.3 Å². The van der Waals surface area contributed by atoms with E-state index in [1.807, 2.05) is 38.1 Å². The first kappa shape index (κ1) is 19.8. The molecule has 1 aliphatic rings. The number of benzene rings is 1. The fraction of sp³-hybridized carbons (Fsp3) is 0.600. The topological polar surface area (TPSA) is 58.2 Å². The molecule has 0 heterocycles. The van der Waals surface area contributed by atoms with E-state index in [2.05, 4.69) is 10.6 Å². The van der Waals surface area contributed by atoms with Crippen molar-refractivity contribution in [2.24, 2.45) is 5.92 Å². The molecule has 2 amide bonds. The first-order chi connectivity index (χ1) is 12.0. The largest absolute Gasteiger partial charge is 0.355 e. The molecule has 1 saturated carbocycles. The highest BCUT2D eigenvalue weighted by Gasteiger charge is 2.16. The van der Waals surface area contributed by atoms with Gasteiger partial charge in [-0.2, -0.15) is 0 Å². The SMILES string of the molecule is Cc1ccc(NC(=O)CSC(C)C(=O)NCCCC2CCCC2)cc1. The van der Waals surface area contributed by atoms with Gasteiger partial charge in [0.2, 0.25) is 11.8 Å². The molecular weight excluding hydrogens is 332 g/mol. The van der Waals surface area contributed by atoms with Gasteiger partial charge < -0.3 is 10.6 Å². The number of nitrogens with one attached hydrogen (secondary N) is 2. The van der Waals surface area contributed by atoms with Gasteiger partial charge in [0.1, 0.15) is 0 Å². The van der Waals surface area contributed by atoms with Gasteiger partial charge in [-0.15, -0.1) is 11.8 Å². The monoisotopic (exact) mass is 362 g/mol. The fourth-order valence-corrected chi connectivity index (χ4v) is 3.86. The second kappa shape index (κ2) is 10.5. The van der Waals surface area contributed by atoms with Crippen molar-refractivity contribution >= 4 is 29.3 Å². The van der Waals surface area contributed by atoms with Gasteiger partial charge in [0, 0.05) is 12.2 Å². The number of carbonyl (C=O) groups excluding carboxylic acids is 2. The highest BCUT2D eigenvalue weighted by Crippen LogP contribution is 2.28. The van der Waals surface area contributed by atoms with E-state index in [4.69, 9.17) is 0 Å². The first-order valence-corrected chi connectivity index (χ1v) is 10.4. The second-order valence-electron chi connectivity index (χ2n) is 6.95. The van der Waals surface area contributed by atoms with Crippen LogP contribution in [0.25, 0.3) is 0 Å². The van der Waals surface area contributed by atoms with Crippen LogP contribution in [-0.4, -0.2) is 29.4 Å². The van der Waals surface area contributed by atoms with Gasteiger partial charge >= 0.3 is 0 Å². The Morgan fingerprint density at radius 2 is 1.88 bits per heavy atom. The summed E-state index contributed by atoms with van der Waals surface area (Å²) >= 11 is 1.37. The van der Waals surface area contributed by atoms with E-state index in [0.29, 0.717) is 0 Å². The minimum Gasteiger partial charge on any atom is -0.355 e. The summed E-state index contributed by atoms with van der Waals surface area (Å²) in [5.41, 5.74) is 1.95. The quantitative estimate of drug-likeness (QED) is 0.649. The molecule has 0 aromatic heterocycles. The summed E-state index contributed by atoms with van der Waals surface area (Å²) in [5.74, 6) is 1.10. The zero-order chi connectivity index (χ0) is 18.1. The number of rotatable bonds is 9. The van der Waals surface area contributed by atoms with Gasteiger partial charge in [0.05, 0.1) is 11.0 Å². The molecule has 138 valence electrons. The highest BCUT2D eigenvalue weighted by molar-refractivity contribution is 8.01. The molecule has 1 aromatic rings. The Bertz CT molecular complexity index is 553. The molecule has 1 atom stereocenters. The minimum atomic E-state index is -0.213. The standard InChI is InChI=1S/C20H30N2O2S/c1-15-9-11-18(12-10-15)22-19(23)14-25-16(2)20(24)21-13-5-8-17-6-3-4-7-17/h9-12,16-17H,3-8,13-14H2,1-2H3,(H,21,24)(H,22,23). The van der Waals surface area contributed by atoms with Crippen LogP contribution in [0.1, 0.15) is 51.0 Å². The lowest BCUT2D eigenvalue weighted by Gasteiger charge is -2.13. The van der Waals surface area contributed by atoms with Crippen LogP contribution in [0.2, 0.25) is 0 Å². The lowest BCUT2D eigenvalue weighted by molar-refractivity contribution is -0.120. The van der Waals surface area contributed by atoms with E-state index in [-0.39, 0.29) is 22.8 Å². The van der Waals surface area contributed by atoms with Gasteiger partial charge in [-0.05, 0) is 44.7 Å². The van der Waals surface area contributed by atoms with Gasteiger partial charge in [-0.1, -0.05) is 43.4 Å². The van der Waals surface area contributed by atoms with Gasteiger partial charge in [0.15, 0.2) is 0 Å². The Morgan fingerprint density at radius 3 is 2.56 bits per heavy atom. The zero-order valence-corrected chi connectivity index (χ0v) is 16.2. The Morgan fingerprint density at radius 1 is 1.20 bits per heavy atom. The van der Waals surface area contributed by atoms with Crippen LogP contribution in [0.4, 0.5) is 5.69 Å². The lowest BCUT2D eigenvalue weighted by Crippen LogP contribution is -2.32. The number of carbonyl (C=O) groups is 2. The summed E-state index contributed by atoms with van der Waals surface area (Å²) in [6.07, 6.45) is 7.74. The smallest absolute Gasteiger partial charge is 0.234 e. The maximum atomic E-state index is 12.1. The maximum absolute atomic E-state index is 12.1. The Balaban J connectivity index is 1.58. The van der Waals surface area contributed by atoms with Crippen molar-refractivity contribution in [1.29, 1.82) is 0 Å². The van der Waals surface area contributed by atoms with Crippen molar-refractivity contribution in [3.63, 3.8) is 0 Å². The van der Waals surface area contributed by atoms with E-state index in [1.54, 1.807) is 0 Å². The number of anilines is 1. The zero-order valence-electron chi connectivity index (χ0n) is 15.3. The number of thioether (sulfide) groups is 1. The predicted molar refractivity (Wildman–Crippen MR) is 106 cm³/mol. The molecule has 0 radical (unpaired) electrons. The first-order valence-electron chi connectivity index (χ1n) is 9.30. The van der Waals surface area contributed by atoms with Gasteiger partial charge in [-0.25, -0.2) is 0 Å². The van der Waals surface area contributed by atoms with Crippen LogP contribution in [0.3, 0.4) is 0 Å². The summed E-state index contributed by atoms with van der Waals surface area (Å²) in [7, 11) is 0. The summed E-state index contributed by atoms with van der Waals surface area (Å²) in [5, 5.41) is 5.64. The molecular formula is C20H30N2O2S. The number of hydrogen-bond acceptors (Lipinski definition) is 3. The minimum absolute atomic E-state index is 0.0274. The average Bonchev–Trinajstić information content (AvgIpc) is 3.12. The predicted octanol–water partition coefficient (Wildman–Crippen LogP) is 4.14. The van der Waals surface area contributed by atoms with Crippen molar-refractivity contribution in [3.8, 4) is 0 Å². The summed E-state index contributed by atoms with van der Waals surface area (Å²) in [6.45, 7) is 4.61. The molecule has 0 aliphatic heterocycles. The summed E-state index contributed by atoms with van der Waals surface area (Å²) in [6, 6.07) is 7.70. The average molecular weight is 363 g/mol. The van der Waals surface area contributed by atoms with E-state index < -0.39 is 0 Å². The molecule has 0 saturated heterocycles. The van der Waals surface area contributed by atoms with Crippen molar-refractivity contribution in [2.75, 3.05) is 17.6 Å². The molecule has 1 fully saturated rings. The van der Waals surface area contributed by atoms with E-state index >= 15 is 0 Å². The van der Waals surface area contributed by atoms with Crippen LogP contribution in [-0.2, 0) is 9.59 Å². The third-order valence-electron chi connectivity index (χ3n) is 4.73. The third-order valence-corrected chi connectivity index (χ3v) is 5.88. The molecule has 2 N–H and O–H groups in total. The number of aryl methyl sites for hydroxylation is 1. The number of amides is 2. The fourth-order valence-electron chi connectivity index (χ4n) is 3.16. The highest BCUT2D eigenvalue weighted by atomic mass is 32.2. The van der Waals surface area contributed by atoms with Crippen LogP contribution < -0.4 is 10.6 Å². The molecule has 1 aliphatic carbocycles. The Labute approximate surface area is 155 Å². The van der Waals surface area contributed by atoms with E-state index in [1.165, 1.54) is 43.9 Å². The summed E-state index contributed by atoms with van der Waals surface area (Å²) in [4.78, 5) is 24.1. The normalized spacial score (nSPS) is 15.8. The Hall–Kier alpha value is -1.49. The van der Waals surface area contributed by atoms with Crippen molar-refractivity contribution in [1.82, 2.24) is 5.32 Å². The van der Waals surface area contributed by atoms with E-state index in [9.17, 15) is 9.59 Å². The molecule has 2 rings (SSSR count). The van der Waals surface area contributed by atoms with Gasteiger partial charge in [0.25, 0.3) is 0 Å². The second-order valence-corrected chi connectivity index (χ2v) is 8.28. The van der Waals surface area contributed by atoms with Crippen LogP contribution >= 0.6 is 11.8 Å². The molecule has 4 nitrogen and oxygen atoms in total. The van der Waals surface area contributed by atoms with Crippen molar-refractivity contribution < 1.29 is 9.59 Å². The molecule has 1 aromatic carbocycles. The van der Waals surface area contributed by atoms with Crippen LogP contribution in [0, 0.1) is 12.8 Å². The lowest BCUT2D eigenvalue weighted by atomic mass is 10.0. The number of hydrogen-bond donors (Lipinski definition) is 2. The summed E-state index contributed by atoms with van der Waals surface area (Å²) < 4.78 is 0. The van der Waals surface area contributed by atoms with Crippen molar-refractivity contribution in [3.05, 3.63) is 29.8 Å². The van der Waals surface area contributed by atoms with E-state index in [0.717, 1.165) is 30.1 Å². The molecule has 0 bridgehead atoms. The molecule has 1 unspecified atom stereocenters.